The molecule has 1 atom stereocenters. The lowest BCUT2D eigenvalue weighted by molar-refractivity contribution is -0.140. The van der Waals surface area contributed by atoms with E-state index in [1.165, 1.54) is 7.11 Å². The highest BCUT2D eigenvalue weighted by atomic mass is 127. The predicted octanol–water partition coefficient (Wildman–Crippen LogP) is 1.12. The number of rotatable bonds is 5. The van der Waals surface area contributed by atoms with Gasteiger partial charge in [-0.25, -0.2) is 4.79 Å². The van der Waals surface area contributed by atoms with E-state index in [9.17, 15) is 9.59 Å². The molecule has 0 aliphatic heterocycles. The molecule has 17 heavy (non-hydrogen) atoms. The van der Waals surface area contributed by atoms with Crippen LogP contribution >= 0.6 is 22.6 Å². The fraction of sp³-hybridized carbons (Fsp3) is 0.273. The van der Waals surface area contributed by atoms with Crippen LogP contribution in [0.5, 0.6) is 0 Å². The Balaban J connectivity index is 2.73. The summed E-state index contributed by atoms with van der Waals surface area (Å²) in [6.07, 6.45) is 0. The molecule has 0 aliphatic rings. The molecule has 1 rings (SSSR count). The van der Waals surface area contributed by atoms with Crippen LogP contribution in [0.4, 0.5) is 0 Å². The maximum absolute atomic E-state index is 11.8. The van der Waals surface area contributed by atoms with Gasteiger partial charge in [-0.3, -0.25) is 4.79 Å². The van der Waals surface area contributed by atoms with Crippen LogP contribution in [0.2, 0.25) is 0 Å². The van der Waals surface area contributed by atoms with Crippen molar-refractivity contribution in [2.24, 2.45) is 0 Å². The van der Waals surface area contributed by atoms with Gasteiger partial charge in [0.15, 0.2) is 6.04 Å². The number of carbonyl (C=O) groups is 2. The third-order valence-corrected chi connectivity index (χ3v) is 2.69. The summed E-state index contributed by atoms with van der Waals surface area (Å²) < 4.78 is 5.64. The van der Waals surface area contributed by atoms with Gasteiger partial charge in [-0.05, 0) is 40.8 Å². The van der Waals surface area contributed by atoms with Crippen molar-refractivity contribution in [1.82, 2.24) is 5.32 Å². The van der Waals surface area contributed by atoms with Gasteiger partial charge in [0.1, 0.15) is 0 Å². The van der Waals surface area contributed by atoms with Gasteiger partial charge in [-0.2, -0.15) is 0 Å². The van der Waals surface area contributed by atoms with Gasteiger partial charge in [-0.15, -0.1) is 0 Å². The largest absolute Gasteiger partial charge is 0.480 e. The van der Waals surface area contributed by atoms with E-state index in [0.29, 0.717) is 5.56 Å². The molecule has 0 fully saturated rings. The number of methoxy groups -OCH3 is 1. The molecule has 0 bridgehead atoms. The minimum Gasteiger partial charge on any atom is -0.480 e. The molecule has 0 saturated carbocycles. The lowest BCUT2D eigenvalue weighted by Crippen LogP contribution is -2.43. The average Bonchev–Trinajstić information content (AvgIpc) is 2.28. The van der Waals surface area contributed by atoms with E-state index in [2.05, 4.69) is 27.9 Å². The van der Waals surface area contributed by atoms with Crippen molar-refractivity contribution in [2.45, 2.75) is 6.04 Å². The second-order valence-electron chi connectivity index (χ2n) is 3.33. The Kier molecular flexibility index (Phi) is 5.36. The molecule has 0 heterocycles. The zero-order valence-corrected chi connectivity index (χ0v) is 11.3. The van der Waals surface area contributed by atoms with Crippen molar-refractivity contribution in [3.05, 3.63) is 33.4 Å². The molecule has 1 aromatic carbocycles. The number of carboxylic acids is 1. The molecule has 0 spiro atoms. The van der Waals surface area contributed by atoms with Crippen LogP contribution in [-0.4, -0.2) is 36.7 Å². The summed E-state index contributed by atoms with van der Waals surface area (Å²) in [5.74, 6) is -1.54. The molecule has 0 radical (unpaired) electrons. The zero-order valence-electron chi connectivity index (χ0n) is 9.14. The second-order valence-corrected chi connectivity index (χ2v) is 4.58. The van der Waals surface area contributed by atoms with E-state index >= 15 is 0 Å². The van der Waals surface area contributed by atoms with Gasteiger partial charge in [0.05, 0.1) is 6.61 Å². The second kappa shape index (κ2) is 6.55. The van der Waals surface area contributed by atoms with Crippen LogP contribution in [0, 0.1) is 3.57 Å². The van der Waals surface area contributed by atoms with Crippen LogP contribution in [0.15, 0.2) is 24.3 Å². The normalized spacial score (nSPS) is 11.9. The summed E-state index contributed by atoms with van der Waals surface area (Å²) in [7, 11) is 1.38. The first kappa shape index (κ1) is 13.9. The van der Waals surface area contributed by atoms with Crippen molar-refractivity contribution in [1.29, 1.82) is 0 Å². The Morgan fingerprint density at radius 1 is 1.53 bits per heavy atom. The average molecular weight is 349 g/mol. The molecule has 92 valence electrons. The van der Waals surface area contributed by atoms with Gasteiger partial charge in [0.2, 0.25) is 0 Å². The molecule has 0 saturated heterocycles. The summed E-state index contributed by atoms with van der Waals surface area (Å²) in [5, 5.41) is 11.3. The minimum absolute atomic E-state index is 0.0645. The molecule has 2 N–H and O–H groups in total. The van der Waals surface area contributed by atoms with Gasteiger partial charge in [0, 0.05) is 16.2 Å². The molecular weight excluding hydrogens is 337 g/mol. The highest BCUT2D eigenvalue weighted by Crippen LogP contribution is 2.07. The smallest absolute Gasteiger partial charge is 0.328 e. The summed E-state index contributed by atoms with van der Waals surface area (Å²) >= 11 is 2.08. The van der Waals surface area contributed by atoms with Crippen LogP contribution in [0.3, 0.4) is 0 Å². The zero-order chi connectivity index (χ0) is 12.8. The third-order valence-electron chi connectivity index (χ3n) is 2.02. The topological polar surface area (TPSA) is 75.6 Å². The third kappa shape index (κ3) is 4.31. The first-order valence-electron chi connectivity index (χ1n) is 4.82. The van der Waals surface area contributed by atoms with E-state index < -0.39 is 17.9 Å². The number of carbonyl (C=O) groups excluding carboxylic acids is 1. The number of halogens is 1. The molecule has 1 aromatic rings. The number of benzene rings is 1. The number of aliphatic carboxylic acids is 1. The fourth-order valence-electron chi connectivity index (χ4n) is 1.21. The number of hydrogen-bond donors (Lipinski definition) is 2. The molecule has 0 aliphatic carbocycles. The van der Waals surface area contributed by atoms with E-state index in [1.54, 1.807) is 18.2 Å². The van der Waals surface area contributed by atoms with Crippen molar-refractivity contribution in [2.75, 3.05) is 13.7 Å². The van der Waals surface area contributed by atoms with E-state index in [-0.39, 0.29) is 6.61 Å². The molecule has 1 unspecified atom stereocenters. The van der Waals surface area contributed by atoms with Crippen molar-refractivity contribution < 1.29 is 19.4 Å². The number of ether oxygens (including phenoxy) is 1. The number of amides is 1. The Morgan fingerprint density at radius 2 is 2.24 bits per heavy atom. The lowest BCUT2D eigenvalue weighted by atomic mass is 10.2. The van der Waals surface area contributed by atoms with Crippen molar-refractivity contribution in [3.8, 4) is 0 Å². The highest BCUT2D eigenvalue weighted by molar-refractivity contribution is 14.1. The van der Waals surface area contributed by atoms with Gasteiger partial charge in [-0.1, -0.05) is 6.07 Å². The van der Waals surface area contributed by atoms with Crippen molar-refractivity contribution >= 4 is 34.5 Å². The highest BCUT2D eigenvalue weighted by Gasteiger charge is 2.20. The van der Waals surface area contributed by atoms with Crippen LogP contribution < -0.4 is 5.32 Å². The summed E-state index contributed by atoms with van der Waals surface area (Å²) in [5.41, 5.74) is 0.430. The first-order valence-corrected chi connectivity index (χ1v) is 5.90. The Morgan fingerprint density at radius 3 is 2.76 bits per heavy atom. The first-order chi connectivity index (χ1) is 8.04. The molecule has 1 amide bonds. The Hall–Kier alpha value is -1.15. The summed E-state index contributed by atoms with van der Waals surface area (Å²) in [4.78, 5) is 22.6. The maximum atomic E-state index is 11.8. The monoisotopic (exact) mass is 349 g/mol. The number of nitrogens with one attached hydrogen (secondary N) is 1. The van der Waals surface area contributed by atoms with Gasteiger partial charge < -0.3 is 15.2 Å². The predicted molar refractivity (Wildman–Crippen MR) is 69.9 cm³/mol. The summed E-state index contributed by atoms with van der Waals surface area (Å²) in [6.45, 7) is -0.0645. The maximum Gasteiger partial charge on any atom is 0.328 e. The van der Waals surface area contributed by atoms with Crippen molar-refractivity contribution in [3.63, 3.8) is 0 Å². The van der Waals surface area contributed by atoms with Gasteiger partial charge in [0.25, 0.3) is 5.91 Å². The number of carboxylic acid groups (broad SMARTS) is 1. The Labute approximate surface area is 112 Å². The SMILES string of the molecule is COCC(NC(=O)c1cccc(I)c1)C(=O)O. The summed E-state index contributed by atoms with van der Waals surface area (Å²) in [6, 6.07) is 5.86. The van der Waals surface area contributed by atoms with E-state index in [1.807, 2.05) is 6.07 Å². The molecule has 5 nitrogen and oxygen atoms in total. The number of hydrogen-bond acceptors (Lipinski definition) is 3. The van der Waals surface area contributed by atoms with Crippen LogP contribution in [0.25, 0.3) is 0 Å². The van der Waals surface area contributed by atoms with E-state index in [4.69, 9.17) is 9.84 Å². The van der Waals surface area contributed by atoms with Crippen LogP contribution in [0.1, 0.15) is 10.4 Å². The molecular formula is C11H12INO4. The quantitative estimate of drug-likeness (QED) is 0.782. The van der Waals surface area contributed by atoms with Gasteiger partial charge >= 0.3 is 5.97 Å². The van der Waals surface area contributed by atoms with Crippen LogP contribution in [-0.2, 0) is 9.53 Å². The minimum atomic E-state index is -1.12. The van der Waals surface area contributed by atoms with E-state index in [0.717, 1.165) is 3.57 Å². The molecule has 6 heteroatoms. The molecule has 0 aromatic heterocycles. The fourth-order valence-corrected chi connectivity index (χ4v) is 1.76. The lowest BCUT2D eigenvalue weighted by Gasteiger charge is -2.13. The Bertz CT molecular complexity index is 422. The standard InChI is InChI=1S/C11H12INO4/c1-17-6-9(11(15)16)13-10(14)7-3-2-4-8(12)5-7/h2-5,9H,6H2,1H3,(H,13,14)(H,15,16).